The van der Waals surface area contributed by atoms with E-state index in [0.29, 0.717) is 17.3 Å². The fourth-order valence-electron chi connectivity index (χ4n) is 2.33. The van der Waals surface area contributed by atoms with Crippen molar-refractivity contribution >= 4 is 23.2 Å². The summed E-state index contributed by atoms with van der Waals surface area (Å²) in [6.07, 6.45) is 0. The van der Waals surface area contributed by atoms with Crippen LogP contribution in [0.1, 0.15) is 15.9 Å². The van der Waals surface area contributed by atoms with Gasteiger partial charge in [0.25, 0.3) is 11.8 Å². The van der Waals surface area contributed by atoms with Gasteiger partial charge in [0.1, 0.15) is 0 Å². The van der Waals surface area contributed by atoms with Gasteiger partial charge in [-0.05, 0) is 36.8 Å². The average molecular weight is 336 g/mol. The van der Waals surface area contributed by atoms with Crippen molar-refractivity contribution in [1.82, 2.24) is 0 Å². The van der Waals surface area contributed by atoms with Crippen LogP contribution in [0.2, 0.25) is 0 Å². The highest BCUT2D eigenvalue weighted by Crippen LogP contribution is 2.37. The first-order valence-corrected chi connectivity index (χ1v) is 6.89. The van der Waals surface area contributed by atoms with Crippen molar-refractivity contribution in [3.05, 3.63) is 52.8 Å². The SMILES string of the molecule is Cc1cc2c(c(NC(=O)c3ccc(F)c(F)c3F)c1)OCC(=O)N2. The van der Waals surface area contributed by atoms with Gasteiger partial charge >= 0.3 is 0 Å². The quantitative estimate of drug-likeness (QED) is 0.829. The van der Waals surface area contributed by atoms with Crippen LogP contribution >= 0.6 is 0 Å². The molecule has 0 aliphatic carbocycles. The molecule has 1 aliphatic rings. The minimum atomic E-state index is -1.72. The Labute approximate surface area is 134 Å². The van der Waals surface area contributed by atoms with Crippen molar-refractivity contribution in [2.24, 2.45) is 0 Å². The fourth-order valence-corrected chi connectivity index (χ4v) is 2.33. The van der Waals surface area contributed by atoms with Crippen molar-refractivity contribution in [3.63, 3.8) is 0 Å². The van der Waals surface area contributed by atoms with Crippen molar-refractivity contribution in [2.75, 3.05) is 17.2 Å². The molecule has 0 radical (unpaired) electrons. The molecule has 124 valence electrons. The van der Waals surface area contributed by atoms with Crippen LogP contribution in [0.5, 0.6) is 5.75 Å². The molecule has 2 amide bonds. The van der Waals surface area contributed by atoms with Crippen LogP contribution in [-0.2, 0) is 4.79 Å². The molecule has 0 unspecified atom stereocenters. The van der Waals surface area contributed by atoms with Gasteiger partial charge in [-0.15, -0.1) is 0 Å². The second-order valence-corrected chi connectivity index (χ2v) is 5.20. The Morgan fingerprint density at radius 1 is 1.21 bits per heavy atom. The Morgan fingerprint density at radius 2 is 1.96 bits per heavy atom. The number of carbonyl (C=O) groups is 2. The maximum atomic E-state index is 13.7. The molecule has 8 heteroatoms. The van der Waals surface area contributed by atoms with Crippen LogP contribution in [0.4, 0.5) is 24.5 Å². The Hall–Kier alpha value is -3.03. The zero-order valence-electron chi connectivity index (χ0n) is 12.4. The molecule has 2 aromatic rings. The van der Waals surface area contributed by atoms with Gasteiger partial charge < -0.3 is 15.4 Å². The molecule has 0 fully saturated rings. The highest BCUT2D eigenvalue weighted by Gasteiger charge is 2.23. The molecule has 24 heavy (non-hydrogen) atoms. The molecule has 0 saturated carbocycles. The Morgan fingerprint density at radius 3 is 2.71 bits per heavy atom. The van der Waals surface area contributed by atoms with E-state index in [2.05, 4.69) is 10.6 Å². The molecule has 1 aliphatic heterocycles. The number of hydrogen-bond donors (Lipinski definition) is 2. The largest absolute Gasteiger partial charge is 0.479 e. The predicted molar refractivity (Wildman–Crippen MR) is 79.6 cm³/mol. The summed E-state index contributed by atoms with van der Waals surface area (Å²) in [4.78, 5) is 23.5. The van der Waals surface area contributed by atoms with Crippen LogP contribution in [0.3, 0.4) is 0 Å². The molecule has 5 nitrogen and oxygen atoms in total. The molecule has 0 atom stereocenters. The third-order valence-electron chi connectivity index (χ3n) is 3.38. The summed E-state index contributed by atoms with van der Waals surface area (Å²) in [5.74, 6) is -5.81. The van der Waals surface area contributed by atoms with E-state index in [0.717, 1.165) is 6.07 Å². The molecule has 0 spiro atoms. The van der Waals surface area contributed by atoms with E-state index in [1.807, 2.05) is 0 Å². The van der Waals surface area contributed by atoms with E-state index in [1.165, 1.54) is 0 Å². The molecule has 0 bridgehead atoms. The summed E-state index contributed by atoms with van der Waals surface area (Å²) in [5, 5.41) is 4.97. The molecule has 3 rings (SSSR count). The first kappa shape index (κ1) is 15.9. The minimum Gasteiger partial charge on any atom is -0.479 e. The maximum absolute atomic E-state index is 13.7. The molecular weight excluding hydrogens is 325 g/mol. The number of benzene rings is 2. The minimum absolute atomic E-state index is 0.180. The second-order valence-electron chi connectivity index (χ2n) is 5.20. The number of anilines is 2. The summed E-state index contributed by atoms with van der Waals surface area (Å²) in [6, 6.07) is 4.69. The van der Waals surface area contributed by atoms with Crippen LogP contribution in [0.25, 0.3) is 0 Å². The number of ether oxygens (including phenoxy) is 1. The van der Waals surface area contributed by atoms with Gasteiger partial charge in [-0.2, -0.15) is 0 Å². The van der Waals surface area contributed by atoms with Gasteiger partial charge in [0.15, 0.2) is 29.8 Å². The monoisotopic (exact) mass is 336 g/mol. The van der Waals surface area contributed by atoms with Gasteiger partial charge in [-0.3, -0.25) is 9.59 Å². The topological polar surface area (TPSA) is 67.4 Å². The third-order valence-corrected chi connectivity index (χ3v) is 3.38. The highest BCUT2D eigenvalue weighted by molar-refractivity contribution is 6.07. The summed E-state index contributed by atoms with van der Waals surface area (Å²) in [6.45, 7) is 1.48. The molecule has 0 aromatic heterocycles. The zero-order valence-corrected chi connectivity index (χ0v) is 12.4. The number of aryl methyl sites for hydroxylation is 1. The van der Waals surface area contributed by atoms with Crippen molar-refractivity contribution in [3.8, 4) is 5.75 Å². The van der Waals surface area contributed by atoms with Gasteiger partial charge in [0.05, 0.1) is 16.9 Å². The number of nitrogens with one attached hydrogen (secondary N) is 2. The van der Waals surface area contributed by atoms with Crippen molar-refractivity contribution in [2.45, 2.75) is 6.92 Å². The first-order valence-electron chi connectivity index (χ1n) is 6.89. The lowest BCUT2D eigenvalue weighted by Crippen LogP contribution is -2.26. The molecule has 2 aromatic carbocycles. The Bertz CT molecular complexity index is 868. The Balaban J connectivity index is 1.96. The lowest BCUT2D eigenvalue weighted by Gasteiger charge is -2.21. The highest BCUT2D eigenvalue weighted by atomic mass is 19.2. The number of rotatable bonds is 2. The maximum Gasteiger partial charge on any atom is 0.262 e. The molecule has 2 N–H and O–H groups in total. The molecule has 0 saturated heterocycles. The van der Waals surface area contributed by atoms with Gasteiger partial charge in [-0.25, -0.2) is 13.2 Å². The van der Waals surface area contributed by atoms with Crippen molar-refractivity contribution < 1.29 is 27.5 Å². The standard InChI is InChI=1S/C16H11F3N2O3/c1-7-4-10-15(24-6-12(22)20-10)11(5-7)21-16(23)8-2-3-9(17)14(19)13(8)18/h2-5H,6H2,1H3,(H,20,22)(H,21,23). The van der Waals surface area contributed by atoms with Crippen LogP contribution in [0.15, 0.2) is 24.3 Å². The Kier molecular flexibility index (Phi) is 3.88. The van der Waals surface area contributed by atoms with E-state index in [4.69, 9.17) is 4.74 Å². The van der Waals surface area contributed by atoms with Crippen LogP contribution < -0.4 is 15.4 Å². The summed E-state index contributed by atoms with van der Waals surface area (Å²) in [5.41, 5.74) is 0.580. The molecule has 1 heterocycles. The third kappa shape index (κ3) is 2.78. The number of halogens is 3. The summed E-state index contributed by atoms with van der Waals surface area (Å²) < 4.78 is 45.2. The second kappa shape index (κ2) is 5.88. The van der Waals surface area contributed by atoms with E-state index in [-0.39, 0.29) is 24.0 Å². The lowest BCUT2D eigenvalue weighted by atomic mass is 10.1. The summed E-state index contributed by atoms with van der Waals surface area (Å²) in [7, 11) is 0. The zero-order chi connectivity index (χ0) is 17.4. The summed E-state index contributed by atoms with van der Waals surface area (Å²) >= 11 is 0. The van der Waals surface area contributed by atoms with E-state index in [1.54, 1.807) is 19.1 Å². The van der Waals surface area contributed by atoms with E-state index >= 15 is 0 Å². The van der Waals surface area contributed by atoms with Crippen LogP contribution in [-0.4, -0.2) is 18.4 Å². The van der Waals surface area contributed by atoms with Gasteiger partial charge in [-0.1, -0.05) is 0 Å². The number of fused-ring (bicyclic) bond motifs is 1. The van der Waals surface area contributed by atoms with Crippen LogP contribution in [0, 0.1) is 24.4 Å². The predicted octanol–water partition coefficient (Wildman–Crippen LogP) is 3.00. The molecular formula is C16H11F3N2O3. The van der Waals surface area contributed by atoms with Gasteiger partial charge in [0.2, 0.25) is 0 Å². The van der Waals surface area contributed by atoms with E-state index < -0.39 is 28.9 Å². The fraction of sp³-hybridized carbons (Fsp3) is 0.125. The number of amides is 2. The van der Waals surface area contributed by atoms with Crippen molar-refractivity contribution in [1.29, 1.82) is 0 Å². The first-order chi connectivity index (χ1) is 11.4. The van der Waals surface area contributed by atoms with Gasteiger partial charge in [0, 0.05) is 0 Å². The van der Waals surface area contributed by atoms with E-state index in [9.17, 15) is 22.8 Å². The smallest absolute Gasteiger partial charge is 0.262 e. The normalized spacial score (nSPS) is 12.9. The number of hydrogen-bond acceptors (Lipinski definition) is 3. The lowest BCUT2D eigenvalue weighted by molar-refractivity contribution is -0.118. The number of carbonyl (C=O) groups excluding carboxylic acids is 2. The average Bonchev–Trinajstić information content (AvgIpc) is 2.52.